The lowest BCUT2D eigenvalue weighted by Crippen LogP contribution is -2.15. The van der Waals surface area contributed by atoms with Crippen molar-refractivity contribution in [2.45, 2.75) is 0 Å². The lowest BCUT2D eigenvalue weighted by molar-refractivity contribution is -0.384. The topological polar surface area (TPSA) is 93.8 Å². The van der Waals surface area contributed by atoms with Crippen LogP contribution in [-0.4, -0.2) is 19.7 Å². The number of nitrogens with one attached hydrogen (secondary N) is 1. The van der Waals surface area contributed by atoms with E-state index in [1.807, 2.05) is 30.3 Å². The highest BCUT2D eigenvalue weighted by Crippen LogP contribution is 2.16. The summed E-state index contributed by atoms with van der Waals surface area (Å²) in [5.74, 6) is 0.443. The van der Waals surface area contributed by atoms with Crippen molar-refractivity contribution in [1.82, 2.24) is 14.8 Å². The fraction of sp³-hybridized carbons (Fsp3) is 0. The van der Waals surface area contributed by atoms with Crippen LogP contribution in [0.2, 0.25) is 0 Å². The molecule has 7 heteroatoms. The predicted octanol–water partition coefficient (Wildman–Crippen LogP) is 2.14. The summed E-state index contributed by atoms with van der Waals surface area (Å²) in [5, 5.41) is 14.8. The average Bonchev–Trinajstić information content (AvgIpc) is 2.90. The van der Waals surface area contributed by atoms with Gasteiger partial charge in [0.1, 0.15) is 0 Å². The Balaban J connectivity index is 2.02. The third kappa shape index (κ3) is 2.44. The van der Waals surface area contributed by atoms with Gasteiger partial charge in [-0.05, 0) is 12.1 Å². The van der Waals surface area contributed by atoms with Crippen molar-refractivity contribution in [3.05, 3.63) is 75.2 Å². The van der Waals surface area contributed by atoms with Crippen LogP contribution in [0.25, 0.3) is 17.1 Å². The van der Waals surface area contributed by atoms with Gasteiger partial charge < -0.3 is 0 Å². The van der Waals surface area contributed by atoms with E-state index in [0.29, 0.717) is 11.5 Å². The van der Waals surface area contributed by atoms with Gasteiger partial charge in [0, 0.05) is 17.7 Å². The second-order valence-electron chi connectivity index (χ2n) is 4.33. The quantitative estimate of drug-likeness (QED) is 0.588. The van der Waals surface area contributed by atoms with E-state index in [9.17, 15) is 14.9 Å². The van der Waals surface area contributed by atoms with E-state index in [-0.39, 0.29) is 5.69 Å². The van der Waals surface area contributed by atoms with Crippen LogP contribution in [0.3, 0.4) is 0 Å². The molecule has 1 N–H and O–H groups in total. The van der Waals surface area contributed by atoms with Gasteiger partial charge in [-0.3, -0.25) is 15.1 Å². The molecular formula is C14H10N4O3. The van der Waals surface area contributed by atoms with Crippen LogP contribution < -0.4 is 5.69 Å². The molecule has 3 aromatic rings. The number of nitro groups is 1. The highest BCUT2D eigenvalue weighted by Gasteiger charge is 2.10. The minimum atomic E-state index is -0.494. The van der Waals surface area contributed by atoms with Crippen molar-refractivity contribution >= 4 is 5.69 Å². The van der Waals surface area contributed by atoms with E-state index in [4.69, 9.17) is 0 Å². The maximum absolute atomic E-state index is 11.9. The molecule has 7 nitrogen and oxygen atoms in total. The second-order valence-corrected chi connectivity index (χ2v) is 4.33. The highest BCUT2D eigenvalue weighted by molar-refractivity contribution is 5.54. The summed E-state index contributed by atoms with van der Waals surface area (Å²) in [5.41, 5.74) is 0.813. The normalized spacial score (nSPS) is 10.5. The predicted molar refractivity (Wildman–Crippen MR) is 76.3 cm³/mol. The Bertz CT molecular complexity index is 835. The van der Waals surface area contributed by atoms with Crippen LogP contribution in [-0.2, 0) is 0 Å². The molecule has 2 aromatic carbocycles. The molecule has 0 bridgehead atoms. The molecule has 0 fully saturated rings. The SMILES string of the molecule is O=c1[nH]c(-c2ccccc2)nn1-c1ccc([N+](=O)[O-])cc1. The summed E-state index contributed by atoms with van der Waals surface area (Å²) >= 11 is 0. The number of nitro benzene ring substituents is 1. The molecule has 0 saturated heterocycles. The van der Waals surface area contributed by atoms with Gasteiger partial charge in [-0.2, -0.15) is 4.68 Å². The Morgan fingerprint density at radius 1 is 1.05 bits per heavy atom. The van der Waals surface area contributed by atoms with Crippen molar-refractivity contribution in [1.29, 1.82) is 0 Å². The van der Waals surface area contributed by atoms with E-state index in [1.165, 1.54) is 28.9 Å². The molecule has 0 aliphatic heterocycles. The van der Waals surface area contributed by atoms with Gasteiger partial charge in [0.25, 0.3) is 5.69 Å². The van der Waals surface area contributed by atoms with E-state index < -0.39 is 10.6 Å². The Morgan fingerprint density at radius 3 is 2.33 bits per heavy atom. The number of hydrogen-bond acceptors (Lipinski definition) is 4. The Morgan fingerprint density at radius 2 is 1.71 bits per heavy atom. The zero-order valence-electron chi connectivity index (χ0n) is 10.8. The number of non-ortho nitro benzene ring substituents is 1. The number of rotatable bonds is 3. The summed E-state index contributed by atoms with van der Waals surface area (Å²) < 4.78 is 1.17. The number of aromatic amines is 1. The number of aromatic nitrogens is 3. The summed E-state index contributed by atoms with van der Waals surface area (Å²) in [7, 11) is 0. The summed E-state index contributed by atoms with van der Waals surface area (Å²) in [6.45, 7) is 0. The maximum Gasteiger partial charge on any atom is 0.348 e. The lowest BCUT2D eigenvalue weighted by atomic mass is 10.2. The molecule has 0 amide bonds. The first-order valence-corrected chi connectivity index (χ1v) is 6.15. The maximum atomic E-state index is 11.9. The van der Waals surface area contributed by atoms with Crippen molar-refractivity contribution in [3.8, 4) is 17.1 Å². The number of H-pyrrole nitrogens is 1. The van der Waals surface area contributed by atoms with Crippen molar-refractivity contribution < 1.29 is 4.92 Å². The second kappa shape index (κ2) is 5.04. The van der Waals surface area contributed by atoms with Crippen molar-refractivity contribution in [3.63, 3.8) is 0 Å². The largest absolute Gasteiger partial charge is 0.348 e. The van der Waals surface area contributed by atoms with Crippen molar-refractivity contribution in [2.75, 3.05) is 0 Å². The monoisotopic (exact) mass is 282 g/mol. The zero-order valence-corrected chi connectivity index (χ0v) is 10.8. The van der Waals surface area contributed by atoms with E-state index >= 15 is 0 Å². The van der Waals surface area contributed by atoms with Crippen molar-refractivity contribution in [2.24, 2.45) is 0 Å². The fourth-order valence-corrected chi connectivity index (χ4v) is 1.94. The first kappa shape index (κ1) is 12.8. The van der Waals surface area contributed by atoms with Gasteiger partial charge in [-0.15, -0.1) is 5.10 Å². The van der Waals surface area contributed by atoms with Crippen LogP contribution in [0.5, 0.6) is 0 Å². The molecule has 0 atom stereocenters. The molecule has 1 heterocycles. The Labute approximate surface area is 118 Å². The van der Waals surface area contributed by atoms with E-state index in [1.54, 1.807) is 0 Å². The molecule has 104 valence electrons. The van der Waals surface area contributed by atoms with Gasteiger partial charge in [0.05, 0.1) is 10.6 Å². The van der Waals surface area contributed by atoms with Gasteiger partial charge in [-0.25, -0.2) is 4.79 Å². The third-order valence-electron chi connectivity index (χ3n) is 2.97. The number of benzene rings is 2. The smallest absolute Gasteiger partial charge is 0.288 e. The first-order valence-electron chi connectivity index (χ1n) is 6.15. The third-order valence-corrected chi connectivity index (χ3v) is 2.97. The van der Waals surface area contributed by atoms with Crippen LogP contribution in [0.4, 0.5) is 5.69 Å². The van der Waals surface area contributed by atoms with Gasteiger partial charge >= 0.3 is 5.69 Å². The van der Waals surface area contributed by atoms with Gasteiger partial charge in [0.2, 0.25) is 0 Å². The Kier molecular flexibility index (Phi) is 3.07. The van der Waals surface area contributed by atoms with E-state index in [2.05, 4.69) is 10.1 Å². The molecule has 0 aliphatic carbocycles. The standard InChI is InChI=1S/C14H10N4O3/c19-14-15-13(10-4-2-1-3-5-10)16-17(14)11-6-8-12(9-7-11)18(20)21/h1-9H,(H,15,16,19). The van der Waals surface area contributed by atoms with E-state index in [0.717, 1.165) is 5.56 Å². The minimum absolute atomic E-state index is 0.0365. The minimum Gasteiger partial charge on any atom is -0.288 e. The molecular weight excluding hydrogens is 272 g/mol. The molecule has 0 saturated carbocycles. The summed E-state index contributed by atoms with van der Waals surface area (Å²) in [6, 6.07) is 14.9. The zero-order chi connectivity index (χ0) is 14.8. The molecule has 0 radical (unpaired) electrons. The van der Waals surface area contributed by atoms with Crippen LogP contribution in [0, 0.1) is 10.1 Å². The lowest BCUT2D eigenvalue weighted by Gasteiger charge is -1.98. The molecule has 0 spiro atoms. The molecule has 3 rings (SSSR count). The fourth-order valence-electron chi connectivity index (χ4n) is 1.94. The summed E-state index contributed by atoms with van der Waals surface area (Å²) in [6.07, 6.45) is 0. The first-order chi connectivity index (χ1) is 10.1. The Hall–Kier alpha value is -3.22. The van der Waals surface area contributed by atoms with Crippen LogP contribution >= 0.6 is 0 Å². The molecule has 21 heavy (non-hydrogen) atoms. The highest BCUT2D eigenvalue weighted by atomic mass is 16.6. The van der Waals surface area contributed by atoms with Gasteiger partial charge in [0.15, 0.2) is 5.82 Å². The number of nitrogens with zero attached hydrogens (tertiary/aromatic N) is 3. The molecule has 0 aliphatic rings. The van der Waals surface area contributed by atoms with Gasteiger partial charge in [-0.1, -0.05) is 30.3 Å². The van der Waals surface area contributed by atoms with Crippen LogP contribution in [0.15, 0.2) is 59.4 Å². The molecule has 1 aromatic heterocycles. The number of hydrogen-bond donors (Lipinski definition) is 1. The average molecular weight is 282 g/mol. The van der Waals surface area contributed by atoms with Crippen LogP contribution in [0.1, 0.15) is 0 Å². The molecule has 0 unspecified atom stereocenters. The summed E-state index contributed by atoms with van der Waals surface area (Å²) in [4.78, 5) is 24.7.